The second-order valence-electron chi connectivity index (χ2n) is 3.81. The third kappa shape index (κ3) is 2.04. The molecule has 4 heteroatoms. The number of ether oxygens (including phenoxy) is 1. The fourth-order valence-corrected chi connectivity index (χ4v) is 2.14. The molecule has 2 rings (SSSR count). The summed E-state index contributed by atoms with van der Waals surface area (Å²) < 4.78 is 19.3. The zero-order valence-corrected chi connectivity index (χ0v) is 9.38. The van der Waals surface area contributed by atoms with Crippen molar-refractivity contribution in [3.8, 4) is 6.07 Å². The van der Waals surface area contributed by atoms with Crippen molar-refractivity contribution in [1.29, 1.82) is 5.26 Å². The smallest absolute Gasteiger partial charge is 0.147 e. The number of benzene rings is 1. The van der Waals surface area contributed by atoms with Crippen molar-refractivity contribution >= 4 is 11.6 Å². The van der Waals surface area contributed by atoms with Crippen LogP contribution in [-0.4, -0.2) is 6.61 Å². The summed E-state index contributed by atoms with van der Waals surface area (Å²) >= 11 is 5.71. The van der Waals surface area contributed by atoms with Gasteiger partial charge in [-0.15, -0.1) is 0 Å². The molecule has 0 saturated carbocycles. The predicted octanol–water partition coefficient (Wildman–Crippen LogP) is 3.47. The molecule has 1 aromatic rings. The van der Waals surface area contributed by atoms with Crippen molar-refractivity contribution in [2.45, 2.75) is 18.9 Å². The summed E-state index contributed by atoms with van der Waals surface area (Å²) in [7, 11) is 0. The standard InChI is InChI=1S/C12H11ClFNO/c13-10-5-1-4-9(11(10)14)12-8(7-15)3-2-6-16-12/h1,4-5,8,12H,2-3,6H2. The van der Waals surface area contributed by atoms with Crippen LogP contribution in [0, 0.1) is 23.1 Å². The molecule has 0 aromatic heterocycles. The van der Waals surface area contributed by atoms with E-state index >= 15 is 0 Å². The van der Waals surface area contributed by atoms with Gasteiger partial charge in [0, 0.05) is 12.2 Å². The summed E-state index contributed by atoms with van der Waals surface area (Å²) in [5.74, 6) is -0.766. The van der Waals surface area contributed by atoms with E-state index in [1.54, 1.807) is 12.1 Å². The maximum atomic E-state index is 13.8. The number of hydrogen-bond donors (Lipinski definition) is 0. The summed E-state index contributed by atoms with van der Waals surface area (Å²) in [6.07, 6.45) is 1.10. The van der Waals surface area contributed by atoms with Crippen LogP contribution in [0.3, 0.4) is 0 Å². The van der Waals surface area contributed by atoms with E-state index in [4.69, 9.17) is 21.6 Å². The Bertz CT molecular complexity index is 430. The third-order valence-electron chi connectivity index (χ3n) is 2.78. The molecule has 0 spiro atoms. The zero-order valence-electron chi connectivity index (χ0n) is 8.62. The molecule has 1 aromatic carbocycles. The highest BCUT2D eigenvalue weighted by Crippen LogP contribution is 2.35. The molecule has 0 N–H and O–H groups in total. The summed E-state index contributed by atoms with van der Waals surface area (Å²) in [5.41, 5.74) is 0.388. The van der Waals surface area contributed by atoms with Crippen LogP contribution in [0.15, 0.2) is 18.2 Å². The molecule has 0 aliphatic carbocycles. The van der Waals surface area contributed by atoms with E-state index in [9.17, 15) is 4.39 Å². The van der Waals surface area contributed by atoms with Gasteiger partial charge in [-0.05, 0) is 18.9 Å². The normalized spacial score (nSPS) is 25.1. The largest absolute Gasteiger partial charge is 0.372 e. The quantitative estimate of drug-likeness (QED) is 0.752. The summed E-state index contributed by atoms with van der Waals surface area (Å²) in [5, 5.41) is 9.07. The van der Waals surface area contributed by atoms with E-state index in [1.807, 2.05) is 0 Å². The molecular weight excluding hydrogens is 229 g/mol. The van der Waals surface area contributed by atoms with E-state index in [2.05, 4.69) is 6.07 Å². The Kier molecular flexibility index (Phi) is 3.42. The first kappa shape index (κ1) is 11.4. The highest BCUT2D eigenvalue weighted by molar-refractivity contribution is 6.30. The fourth-order valence-electron chi connectivity index (χ4n) is 1.96. The van der Waals surface area contributed by atoms with Gasteiger partial charge in [-0.2, -0.15) is 5.26 Å². The van der Waals surface area contributed by atoms with Gasteiger partial charge < -0.3 is 4.74 Å². The molecule has 1 saturated heterocycles. The van der Waals surface area contributed by atoms with Crippen molar-refractivity contribution in [1.82, 2.24) is 0 Å². The van der Waals surface area contributed by atoms with Crippen molar-refractivity contribution in [2.24, 2.45) is 5.92 Å². The minimum atomic E-state index is -0.488. The predicted molar refractivity (Wildman–Crippen MR) is 58.4 cm³/mol. The monoisotopic (exact) mass is 239 g/mol. The van der Waals surface area contributed by atoms with Gasteiger partial charge >= 0.3 is 0 Å². The van der Waals surface area contributed by atoms with Crippen LogP contribution in [0.25, 0.3) is 0 Å². The molecule has 0 amide bonds. The summed E-state index contributed by atoms with van der Waals surface area (Å²) in [4.78, 5) is 0. The molecule has 84 valence electrons. The SMILES string of the molecule is N#CC1CCCOC1c1cccc(Cl)c1F. The Morgan fingerprint density at radius 2 is 2.31 bits per heavy atom. The van der Waals surface area contributed by atoms with Gasteiger partial charge in [0.15, 0.2) is 0 Å². The Hall–Kier alpha value is -1.11. The van der Waals surface area contributed by atoms with Gasteiger partial charge in [0.2, 0.25) is 0 Å². The van der Waals surface area contributed by atoms with E-state index in [0.29, 0.717) is 12.2 Å². The molecule has 2 unspecified atom stereocenters. The number of rotatable bonds is 1. The van der Waals surface area contributed by atoms with Crippen LogP contribution >= 0.6 is 11.6 Å². The van der Waals surface area contributed by atoms with Crippen molar-refractivity contribution < 1.29 is 9.13 Å². The molecular formula is C12H11ClFNO. The van der Waals surface area contributed by atoms with Gasteiger partial charge in [0.25, 0.3) is 0 Å². The van der Waals surface area contributed by atoms with Crippen LogP contribution < -0.4 is 0 Å². The average molecular weight is 240 g/mol. The topological polar surface area (TPSA) is 33.0 Å². The average Bonchev–Trinajstić information content (AvgIpc) is 2.33. The molecule has 0 bridgehead atoms. The van der Waals surface area contributed by atoms with E-state index in [-0.39, 0.29) is 10.9 Å². The second kappa shape index (κ2) is 4.82. The summed E-state index contributed by atoms with van der Waals surface area (Å²) in [6, 6.07) is 6.96. The first-order valence-corrected chi connectivity index (χ1v) is 5.57. The van der Waals surface area contributed by atoms with Crippen LogP contribution in [0.2, 0.25) is 5.02 Å². The van der Waals surface area contributed by atoms with E-state index in [0.717, 1.165) is 12.8 Å². The highest BCUT2D eigenvalue weighted by atomic mass is 35.5. The summed E-state index contributed by atoms with van der Waals surface area (Å²) in [6.45, 7) is 0.564. The van der Waals surface area contributed by atoms with Gasteiger partial charge in [-0.25, -0.2) is 4.39 Å². The van der Waals surface area contributed by atoms with Crippen LogP contribution in [0.5, 0.6) is 0 Å². The lowest BCUT2D eigenvalue weighted by molar-refractivity contribution is -0.0121. The molecule has 1 fully saturated rings. The van der Waals surface area contributed by atoms with E-state index < -0.39 is 11.9 Å². The molecule has 2 atom stereocenters. The van der Waals surface area contributed by atoms with Gasteiger partial charge in [0.05, 0.1) is 17.0 Å². The Balaban J connectivity index is 2.35. The van der Waals surface area contributed by atoms with E-state index in [1.165, 1.54) is 6.07 Å². The maximum Gasteiger partial charge on any atom is 0.147 e. The Labute approximate surface area is 98.6 Å². The van der Waals surface area contributed by atoms with Gasteiger partial charge in [0.1, 0.15) is 11.9 Å². The number of halogens is 2. The number of hydrogen-bond acceptors (Lipinski definition) is 2. The fraction of sp³-hybridized carbons (Fsp3) is 0.417. The second-order valence-corrected chi connectivity index (χ2v) is 4.22. The third-order valence-corrected chi connectivity index (χ3v) is 3.07. The number of nitrogens with zero attached hydrogens (tertiary/aromatic N) is 1. The minimum absolute atomic E-state index is 0.0726. The molecule has 16 heavy (non-hydrogen) atoms. The van der Waals surface area contributed by atoms with Crippen molar-refractivity contribution in [3.63, 3.8) is 0 Å². The van der Waals surface area contributed by atoms with Gasteiger partial charge in [-0.1, -0.05) is 23.7 Å². The lowest BCUT2D eigenvalue weighted by Crippen LogP contribution is -2.22. The van der Waals surface area contributed by atoms with Crippen LogP contribution in [0.4, 0.5) is 4.39 Å². The lowest BCUT2D eigenvalue weighted by Gasteiger charge is -2.27. The molecule has 1 aliphatic rings. The van der Waals surface area contributed by atoms with Crippen LogP contribution in [0.1, 0.15) is 24.5 Å². The molecule has 0 radical (unpaired) electrons. The van der Waals surface area contributed by atoms with Gasteiger partial charge in [-0.3, -0.25) is 0 Å². The molecule has 2 nitrogen and oxygen atoms in total. The van der Waals surface area contributed by atoms with Crippen molar-refractivity contribution in [3.05, 3.63) is 34.6 Å². The lowest BCUT2D eigenvalue weighted by atomic mass is 9.90. The zero-order chi connectivity index (χ0) is 11.5. The molecule has 1 aliphatic heterocycles. The Morgan fingerprint density at radius 1 is 1.50 bits per heavy atom. The Morgan fingerprint density at radius 3 is 3.06 bits per heavy atom. The van der Waals surface area contributed by atoms with Crippen LogP contribution in [-0.2, 0) is 4.74 Å². The number of nitriles is 1. The molecule has 1 heterocycles. The minimum Gasteiger partial charge on any atom is -0.372 e. The maximum absolute atomic E-state index is 13.8. The van der Waals surface area contributed by atoms with Crippen molar-refractivity contribution in [2.75, 3.05) is 6.61 Å². The first-order valence-electron chi connectivity index (χ1n) is 5.19. The first-order chi connectivity index (χ1) is 7.74. The highest BCUT2D eigenvalue weighted by Gasteiger charge is 2.29.